The van der Waals surface area contributed by atoms with Crippen molar-refractivity contribution in [2.45, 2.75) is 19.6 Å². The molecule has 0 N–H and O–H groups in total. The molecule has 0 radical (unpaired) electrons. The number of para-hydroxylation sites is 2. The number of hydrogen-bond donors (Lipinski definition) is 0. The van der Waals surface area contributed by atoms with E-state index in [-0.39, 0.29) is 0 Å². The summed E-state index contributed by atoms with van der Waals surface area (Å²) in [6.45, 7) is 1.12. The van der Waals surface area contributed by atoms with Gasteiger partial charge in [0.05, 0.1) is 17.4 Å². The van der Waals surface area contributed by atoms with Crippen LogP contribution in [0.2, 0.25) is 0 Å². The van der Waals surface area contributed by atoms with E-state index < -0.39 is 0 Å². The van der Waals surface area contributed by atoms with Crippen LogP contribution in [0.15, 0.2) is 35.1 Å². The molecule has 3 rings (SSSR count). The summed E-state index contributed by atoms with van der Waals surface area (Å²) in [6.07, 6.45) is 2.54. The van der Waals surface area contributed by atoms with Gasteiger partial charge in [0.2, 0.25) is 0 Å². The fourth-order valence-electron chi connectivity index (χ4n) is 1.98. The number of hydrogen-bond acceptors (Lipinski definition) is 5. The van der Waals surface area contributed by atoms with Crippen molar-refractivity contribution in [2.75, 3.05) is 7.11 Å². The van der Waals surface area contributed by atoms with Gasteiger partial charge in [-0.05, 0) is 12.1 Å². The number of imidazole rings is 1. The third kappa shape index (κ3) is 2.48. The third-order valence-corrected chi connectivity index (χ3v) is 2.88. The zero-order chi connectivity index (χ0) is 13.1. The highest BCUT2D eigenvalue weighted by Crippen LogP contribution is 2.12. The summed E-state index contributed by atoms with van der Waals surface area (Å²) >= 11 is 0. The lowest BCUT2D eigenvalue weighted by atomic mass is 10.3. The number of fused-ring (bicyclic) bond motifs is 1. The first-order valence-corrected chi connectivity index (χ1v) is 6.07. The first-order valence-electron chi connectivity index (χ1n) is 6.07. The Balaban J connectivity index is 1.71. The van der Waals surface area contributed by atoms with Gasteiger partial charge in [-0.15, -0.1) is 0 Å². The van der Waals surface area contributed by atoms with Crippen molar-refractivity contribution in [1.29, 1.82) is 0 Å². The fraction of sp³-hybridized carbons (Fsp3) is 0.308. The van der Waals surface area contributed by atoms with Crippen LogP contribution < -0.4 is 0 Å². The highest BCUT2D eigenvalue weighted by molar-refractivity contribution is 5.74. The number of rotatable bonds is 5. The monoisotopic (exact) mass is 258 g/mol. The maximum Gasteiger partial charge on any atom is 0.252 e. The predicted octanol–water partition coefficient (Wildman–Crippen LogP) is 1.81. The Kier molecular flexibility index (Phi) is 3.24. The van der Waals surface area contributed by atoms with E-state index in [0.717, 1.165) is 17.6 Å². The molecule has 0 fully saturated rings. The smallest absolute Gasteiger partial charge is 0.252 e. The van der Waals surface area contributed by atoms with Gasteiger partial charge in [0.1, 0.15) is 6.61 Å². The van der Waals surface area contributed by atoms with Gasteiger partial charge in [0.25, 0.3) is 5.89 Å². The minimum Gasteiger partial charge on any atom is -0.375 e. The molecule has 0 spiro atoms. The second-order valence-electron chi connectivity index (χ2n) is 4.21. The SMILES string of the molecule is COCc1nc(CCn2cnc3ccccc32)no1. The summed E-state index contributed by atoms with van der Waals surface area (Å²) in [7, 11) is 1.60. The van der Waals surface area contributed by atoms with E-state index in [2.05, 4.69) is 25.8 Å². The van der Waals surface area contributed by atoms with Gasteiger partial charge in [-0.25, -0.2) is 4.98 Å². The van der Waals surface area contributed by atoms with Crippen LogP contribution in [-0.4, -0.2) is 26.8 Å². The second-order valence-corrected chi connectivity index (χ2v) is 4.21. The standard InChI is InChI=1S/C13H14N4O2/c1-18-8-13-15-12(16-19-13)6-7-17-9-14-10-4-2-3-5-11(10)17/h2-5,9H,6-8H2,1H3. The highest BCUT2D eigenvalue weighted by Gasteiger charge is 2.07. The first-order chi connectivity index (χ1) is 9.36. The van der Waals surface area contributed by atoms with Crippen LogP contribution in [0.4, 0.5) is 0 Å². The number of methoxy groups -OCH3 is 1. The topological polar surface area (TPSA) is 66.0 Å². The summed E-state index contributed by atoms with van der Waals surface area (Å²) in [6, 6.07) is 8.03. The molecule has 0 amide bonds. The Hall–Kier alpha value is -2.21. The molecular weight excluding hydrogens is 244 g/mol. The predicted molar refractivity (Wildman–Crippen MR) is 68.4 cm³/mol. The molecule has 2 heterocycles. The number of aryl methyl sites for hydroxylation is 2. The fourth-order valence-corrected chi connectivity index (χ4v) is 1.98. The van der Waals surface area contributed by atoms with Crippen molar-refractivity contribution in [2.24, 2.45) is 0 Å². The summed E-state index contributed by atoms with van der Waals surface area (Å²) in [5.41, 5.74) is 2.11. The zero-order valence-corrected chi connectivity index (χ0v) is 10.6. The van der Waals surface area contributed by atoms with Crippen molar-refractivity contribution in [3.05, 3.63) is 42.3 Å². The van der Waals surface area contributed by atoms with E-state index in [1.807, 2.05) is 24.5 Å². The Bertz CT molecular complexity index is 674. The summed E-state index contributed by atoms with van der Waals surface area (Å²) in [4.78, 5) is 8.59. The maximum absolute atomic E-state index is 5.05. The maximum atomic E-state index is 5.05. The van der Waals surface area contributed by atoms with E-state index >= 15 is 0 Å². The van der Waals surface area contributed by atoms with Crippen LogP contribution in [0.3, 0.4) is 0 Å². The van der Waals surface area contributed by atoms with Crippen LogP contribution in [0, 0.1) is 0 Å². The summed E-state index contributed by atoms with van der Waals surface area (Å²) in [5, 5.41) is 3.91. The molecule has 0 unspecified atom stereocenters. The van der Waals surface area contributed by atoms with Crippen LogP contribution in [0.25, 0.3) is 11.0 Å². The molecule has 6 heteroatoms. The van der Waals surface area contributed by atoms with E-state index in [0.29, 0.717) is 24.7 Å². The Morgan fingerprint density at radius 2 is 2.21 bits per heavy atom. The molecule has 0 saturated heterocycles. The van der Waals surface area contributed by atoms with Gasteiger partial charge in [-0.1, -0.05) is 17.3 Å². The number of nitrogens with zero attached hydrogens (tertiary/aromatic N) is 4. The van der Waals surface area contributed by atoms with Crippen LogP contribution in [0.1, 0.15) is 11.7 Å². The van der Waals surface area contributed by atoms with Gasteiger partial charge in [0.15, 0.2) is 5.82 Å². The van der Waals surface area contributed by atoms with Crippen LogP contribution in [-0.2, 0) is 24.3 Å². The minimum absolute atomic E-state index is 0.348. The molecule has 0 bridgehead atoms. The quantitative estimate of drug-likeness (QED) is 0.698. The minimum atomic E-state index is 0.348. The molecule has 0 aliphatic heterocycles. The lowest BCUT2D eigenvalue weighted by Gasteiger charge is -2.00. The number of ether oxygens (including phenoxy) is 1. The van der Waals surface area contributed by atoms with Crippen LogP contribution >= 0.6 is 0 Å². The molecule has 98 valence electrons. The molecule has 0 saturated carbocycles. The number of benzene rings is 1. The molecule has 1 aromatic carbocycles. The number of aromatic nitrogens is 4. The summed E-state index contributed by atoms with van der Waals surface area (Å²) < 4.78 is 12.1. The molecule has 0 atom stereocenters. The van der Waals surface area contributed by atoms with E-state index in [1.165, 1.54) is 0 Å². The summed E-state index contributed by atoms with van der Waals surface area (Å²) in [5.74, 6) is 1.19. The molecule has 2 aromatic heterocycles. The van der Waals surface area contributed by atoms with Crippen LogP contribution in [0.5, 0.6) is 0 Å². The Morgan fingerprint density at radius 3 is 3.11 bits per heavy atom. The molecular formula is C13H14N4O2. The van der Waals surface area contributed by atoms with E-state index in [9.17, 15) is 0 Å². The molecule has 6 nitrogen and oxygen atoms in total. The van der Waals surface area contributed by atoms with Crippen molar-refractivity contribution in [1.82, 2.24) is 19.7 Å². The normalized spacial score (nSPS) is 11.2. The van der Waals surface area contributed by atoms with Gasteiger partial charge < -0.3 is 13.8 Å². The van der Waals surface area contributed by atoms with E-state index in [1.54, 1.807) is 7.11 Å². The van der Waals surface area contributed by atoms with E-state index in [4.69, 9.17) is 9.26 Å². The van der Waals surface area contributed by atoms with Crippen molar-refractivity contribution >= 4 is 11.0 Å². The molecule has 3 aromatic rings. The lowest BCUT2D eigenvalue weighted by molar-refractivity contribution is 0.151. The third-order valence-electron chi connectivity index (χ3n) is 2.88. The van der Waals surface area contributed by atoms with Crippen molar-refractivity contribution in [3.8, 4) is 0 Å². The van der Waals surface area contributed by atoms with Gasteiger partial charge >= 0.3 is 0 Å². The van der Waals surface area contributed by atoms with Crippen molar-refractivity contribution < 1.29 is 9.26 Å². The Labute approximate surface area is 110 Å². The van der Waals surface area contributed by atoms with Gasteiger partial charge in [-0.2, -0.15) is 4.98 Å². The molecule has 0 aliphatic carbocycles. The zero-order valence-electron chi connectivity index (χ0n) is 10.6. The molecule has 19 heavy (non-hydrogen) atoms. The average molecular weight is 258 g/mol. The largest absolute Gasteiger partial charge is 0.375 e. The van der Waals surface area contributed by atoms with Gasteiger partial charge in [0, 0.05) is 20.1 Å². The second kappa shape index (κ2) is 5.19. The molecule has 0 aliphatic rings. The Morgan fingerprint density at radius 1 is 1.32 bits per heavy atom. The first kappa shape index (κ1) is 11.9. The lowest BCUT2D eigenvalue weighted by Crippen LogP contribution is -2.01. The highest BCUT2D eigenvalue weighted by atomic mass is 16.5. The average Bonchev–Trinajstić information content (AvgIpc) is 3.04. The van der Waals surface area contributed by atoms with Gasteiger partial charge in [-0.3, -0.25) is 0 Å². The van der Waals surface area contributed by atoms with Crippen molar-refractivity contribution in [3.63, 3.8) is 0 Å².